The SMILES string of the molecule is Cc1[nH]cnc1CN(CCN(C)C)C(=O)CCCc1ccccc1. The third-order valence-corrected chi connectivity index (χ3v) is 4.14. The van der Waals surface area contributed by atoms with E-state index in [2.05, 4.69) is 27.0 Å². The summed E-state index contributed by atoms with van der Waals surface area (Å²) >= 11 is 0. The van der Waals surface area contributed by atoms with E-state index >= 15 is 0 Å². The summed E-state index contributed by atoms with van der Waals surface area (Å²) in [4.78, 5) is 24.1. The summed E-state index contributed by atoms with van der Waals surface area (Å²) in [6.07, 6.45) is 4.08. The zero-order valence-corrected chi connectivity index (χ0v) is 15.0. The minimum Gasteiger partial charge on any atom is -0.348 e. The van der Waals surface area contributed by atoms with Crippen molar-refractivity contribution >= 4 is 5.91 Å². The number of rotatable bonds is 9. The van der Waals surface area contributed by atoms with Crippen molar-refractivity contribution in [2.75, 3.05) is 27.2 Å². The van der Waals surface area contributed by atoms with Crippen LogP contribution in [0.1, 0.15) is 29.8 Å². The van der Waals surface area contributed by atoms with E-state index in [1.54, 1.807) is 6.33 Å². The number of nitrogens with zero attached hydrogens (tertiary/aromatic N) is 3. The van der Waals surface area contributed by atoms with E-state index in [0.29, 0.717) is 13.0 Å². The Labute approximate surface area is 144 Å². The fourth-order valence-corrected chi connectivity index (χ4v) is 2.59. The third kappa shape index (κ3) is 5.81. The minimum absolute atomic E-state index is 0.204. The number of H-pyrrole nitrogens is 1. The number of aromatic nitrogens is 2. The average Bonchev–Trinajstić information content (AvgIpc) is 2.97. The fourth-order valence-electron chi connectivity index (χ4n) is 2.59. The quantitative estimate of drug-likeness (QED) is 0.770. The number of benzene rings is 1. The molecule has 0 fully saturated rings. The summed E-state index contributed by atoms with van der Waals surface area (Å²) in [5.41, 5.74) is 3.26. The van der Waals surface area contributed by atoms with E-state index in [-0.39, 0.29) is 5.91 Å². The number of carbonyl (C=O) groups excluding carboxylic acids is 1. The van der Waals surface area contributed by atoms with Crippen molar-refractivity contribution in [2.45, 2.75) is 32.7 Å². The number of aromatic amines is 1. The smallest absolute Gasteiger partial charge is 0.222 e. The summed E-state index contributed by atoms with van der Waals surface area (Å²) in [5, 5.41) is 0. The molecule has 130 valence electrons. The van der Waals surface area contributed by atoms with Gasteiger partial charge in [-0.15, -0.1) is 0 Å². The highest BCUT2D eigenvalue weighted by Gasteiger charge is 2.16. The predicted molar refractivity (Wildman–Crippen MR) is 96.7 cm³/mol. The van der Waals surface area contributed by atoms with Gasteiger partial charge >= 0.3 is 0 Å². The molecule has 1 aromatic heterocycles. The molecule has 0 aliphatic heterocycles. The lowest BCUT2D eigenvalue weighted by atomic mass is 10.1. The first-order chi connectivity index (χ1) is 11.6. The first kappa shape index (κ1) is 18.2. The van der Waals surface area contributed by atoms with Gasteiger partial charge in [0.15, 0.2) is 0 Å². The van der Waals surface area contributed by atoms with Crippen LogP contribution in [0.25, 0.3) is 0 Å². The monoisotopic (exact) mass is 328 g/mol. The molecule has 0 saturated heterocycles. The number of imidazole rings is 1. The zero-order valence-electron chi connectivity index (χ0n) is 15.0. The van der Waals surface area contributed by atoms with Crippen LogP contribution < -0.4 is 0 Å². The second-order valence-corrected chi connectivity index (χ2v) is 6.43. The first-order valence-corrected chi connectivity index (χ1v) is 8.51. The molecular weight excluding hydrogens is 300 g/mol. The minimum atomic E-state index is 0.204. The molecule has 0 aliphatic carbocycles. The molecule has 1 amide bonds. The van der Waals surface area contributed by atoms with Crippen molar-refractivity contribution in [1.29, 1.82) is 0 Å². The molecule has 1 aromatic carbocycles. The van der Waals surface area contributed by atoms with Crippen LogP contribution in [0, 0.1) is 6.92 Å². The molecule has 0 atom stereocenters. The summed E-state index contributed by atoms with van der Waals surface area (Å²) in [5.74, 6) is 0.204. The lowest BCUT2D eigenvalue weighted by molar-refractivity contribution is -0.132. The summed E-state index contributed by atoms with van der Waals surface area (Å²) < 4.78 is 0. The molecule has 0 aliphatic rings. The van der Waals surface area contributed by atoms with Gasteiger partial charge in [-0.3, -0.25) is 4.79 Å². The highest BCUT2D eigenvalue weighted by molar-refractivity contribution is 5.76. The Balaban J connectivity index is 1.89. The summed E-state index contributed by atoms with van der Waals surface area (Å²) in [7, 11) is 4.05. The van der Waals surface area contributed by atoms with Gasteiger partial charge in [0.1, 0.15) is 0 Å². The predicted octanol–water partition coefficient (Wildman–Crippen LogP) is 2.63. The van der Waals surface area contributed by atoms with Crippen LogP contribution in [0.3, 0.4) is 0 Å². The maximum absolute atomic E-state index is 12.7. The normalized spacial score (nSPS) is 11.0. The number of likely N-dealkylation sites (N-methyl/N-ethyl adjacent to an activating group) is 1. The number of hydrogen-bond donors (Lipinski definition) is 1. The van der Waals surface area contributed by atoms with Gasteiger partial charge in [0.2, 0.25) is 5.91 Å². The lowest BCUT2D eigenvalue weighted by Gasteiger charge is -2.24. The van der Waals surface area contributed by atoms with E-state index in [4.69, 9.17) is 0 Å². The fraction of sp³-hybridized carbons (Fsp3) is 0.474. The molecule has 0 bridgehead atoms. The number of nitrogens with one attached hydrogen (secondary N) is 1. The second-order valence-electron chi connectivity index (χ2n) is 6.43. The van der Waals surface area contributed by atoms with Crippen LogP contribution in [0.4, 0.5) is 0 Å². The number of carbonyl (C=O) groups is 1. The van der Waals surface area contributed by atoms with Gasteiger partial charge in [-0.05, 0) is 39.4 Å². The Bertz CT molecular complexity index is 621. The molecule has 24 heavy (non-hydrogen) atoms. The van der Waals surface area contributed by atoms with Crippen molar-refractivity contribution in [2.24, 2.45) is 0 Å². The molecule has 1 N–H and O–H groups in total. The standard InChI is InChI=1S/C19H28N4O/c1-16-18(21-15-20-16)14-23(13-12-22(2)3)19(24)11-7-10-17-8-5-4-6-9-17/h4-6,8-9,15H,7,10-14H2,1-3H3,(H,20,21). The molecule has 0 radical (unpaired) electrons. The maximum Gasteiger partial charge on any atom is 0.222 e. The molecule has 1 heterocycles. The highest BCUT2D eigenvalue weighted by atomic mass is 16.2. The van der Waals surface area contributed by atoms with Gasteiger partial charge in [-0.1, -0.05) is 30.3 Å². The highest BCUT2D eigenvalue weighted by Crippen LogP contribution is 2.10. The molecule has 0 unspecified atom stereocenters. The molecule has 2 rings (SSSR count). The van der Waals surface area contributed by atoms with Crippen LogP contribution >= 0.6 is 0 Å². The van der Waals surface area contributed by atoms with Gasteiger partial charge in [0.05, 0.1) is 18.6 Å². The van der Waals surface area contributed by atoms with Crippen molar-refractivity contribution in [3.63, 3.8) is 0 Å². The van der Waals surface area contributed by atoms with E-state index in [1.807, 2.05) is 44.1 Å². The van der Waals surface area contributed by atoms with E-state index < -0.39 is 0 Å². The van der Waals surface area contributed by atoms with Gasteiger partial charge in [-0.25, -0.2) is 4.98 Å². The van der Waals surface area contributed by atoms with Crippen LogP contribution in [0.2, 0.25) is 0 Å². The largest absolute Gasteiger partial charge is 0.348 e. The molecule has 5 heteroatoms. The second kappa shape index (κ2) is 9.23. The average molecular weight is 328 g/mol. The molecule has 5 nitrogen and oxygen atoms in total. The van der Waals surface area contributed by atoms with Crippen LogP contribution in [0.5, 0.6) is 0 Å². The molecule has 0 spiro atoms. The van der Waals surface area contributed by atoms with Crippen molar-refractivity contribution in [3.8, 4) is 0 Å². The van der Waals surface area contributed by atoms with Crippen LogP contribution in [-0.2, 0) is 17.8 Å². The lowest BCUT2D eigenvalue weighted by Crippen LogP contribution is -2.36. The zero-order chi connectivity index (χ0) is 17.4. The van der Waals surface area contributed by atoms with Crippen molar-refractivity contribution in [1.82, 2.24) is 19.8 Å². The van der Waals surface area contributed by atoms with Crippen molar-refractivity contribution in [3.05, 3.63) is 53.6 Å². The van der Waals surface area contributed by atoms with Gasteiger partial charge in [-0.2, -0.15) is 0 Å². The summed E-state index contributed by atoms with van der Waals surface area (Å²) in [6, 6.07) is 10.3. The Morgan fingerprint density at radius 2 is 1.92 bits per heavy atom. The van der Waals surface area contributed by atoms with E-state index in [0.717, 1.165) is 37.3 Å². The first-order valence-electron chi connectivity index (χ1n) is 8.51. The molecular formula is C19H28N4O. The van der Waals surface area contributed by atoms with Gasteiger partial charge < -0.3 is 14.8 Å². The number of hydrogen-bond acceptors (Lipinski definition) is 3. The summed E-state index contributed by atoms with van der Waals surface area (Å²) in [6.45, 7) is 4.15. The Hall–Kier alpha value is -2.14. The van der Waals surface area contributed by atoms with Gasteiger partial charge in [0.25, 0.3) is 0 Å². The maximum atomic E-state index is 12.7. The number of aryl methyl sites for hydroxylation is 2. The van der Waals surface area contributed by atoms with E-state index in [9.17, 15) is 4.79 Å². The Morgan fingerprint density at radius 3 is 2.54 bits per heavy atom. The Morgan fingerprint density at radius 1 is 1.17 bits per heavy atom. The van der Waals surface area contributed by atoms with Crippen LogP contribution in [0.15, 0.2) is 36.7 Å². The van der Waals surface area contributed by atoms with Gasteiger partial charge in [0, 0.05) is 25.2 Å². The van der Waals surface area contributed by atoms with Crippen LogP contribution in [-0.4, -0.2) is 52.9 Å². The van der Waals surface area contributed by atoms with E-state index in [1.165, 1.54) is 5.56 Å². The Kier molecular flexibility index (Phi) is 7.00. The topological polar surface area (TPSA) is 52.2 Å². The van der Waals surface area contributed by atoms with Crippen molar-refractivity contribution < 1.29 is 4.79 Å². The molecule has 0 saturated carbocycles. The third-order valence-electron chi connectivity index (χ3n) is 4.14. The molecule has 2 aromatic rings. The number of amides is 1.